The Kier molecular flexibility index (Phi) is 3.65. The molecule has 0 radical (unpaired) electrons. The standard InChI is InChI=1S/C22H23N7O/c1-28-18-3-2-14(10-15(18)11-26-28)16-12-24-20-17(13-25-27-20)19(16)29-8-5-22(6-9-29)4-7-23-21(22)30/h2-3,10-13H,4-9H2,1H3,(H,23,30)(H,24,25,27). The molecule has 0 aliphatic carbocycles. The van der Waals surface area contributed by atoms with Crippen LogP contribution < -0.4 is 10.2 Å². The van der Waals surface area contributed by atoms with Gasteiger partial charge in [0.25, 0.3) is 0 Å². The number of H-pyrrole nitrogens is 1. The lowest BCUT2D eigenvalue weighted by molar-refractivity contribution is -0.128. The third-order valence-corrected chi connectivity index (χ3v) is 6.92. The zero-order valence-electron chi connectivity index (χ0n) is 16.9. The summed E-state index contributed by atoms with van der Waals surface area (Å²) in [6.07, 6.45) is 8.38. The van der Waals surface area contributed by atoms with Crippen LogP contribution in [0.4, 0.5) is 5.69 Å². The van der Waals surface area contributed by atoms with Crippen LogP contribution in [0.2, 0.25) is 0 Å². The summed E-state index contributed by atoms with van der Waals surface area (Å²) in [6.45, 7) is 2.50. The number of aryl methyl sites for hydroxylation is 1. The Morgan fingerprint density at radius 3 is 2.77 bits per heavy atom. The van der Waals surface area contributed by atoms with E-state index in [2.05, 4.69) is 48.7 Å². The van der Waals surface area contributed by atoms with E-state index < -0.39 is 0 Å². The van der Waals surface area contributed by atoms with Gasteiger partial charge in [0.15, 0.2) is 5.65 Å². The van der Waals surface area contributed by atoms with Crippen molar-refractivity contribution in [3.8, 4) is 11.1 Å². The van der Waals surface area contributed by atoms with E-state index in [0.717, 1.165) is 77.6 Å². The van der Waals surface area contributed by atoms with Gasteiger partial charge in [0.1, 0.15) is 0 Å². The summed E-state index contributed by atoms with van der Waals surface area (Å²) in [4.78, 5) is 19.4. The number of hydrogen-bond acceptors (Lipinski definition) is 5. The van der Waals surface area contributed by atoms with Crippen molar-refractivity contribution < 1.29 is 4.79 Å². The molecule has 3 aromatic heterocycles. The Balaban J connectivity index is 1.44. The highest BCUT2D eigenvalue weighted by atomic mass is 16.2. The lowest BCUT2D eigenvalue weighted by Gasteiger charge is -2.39. The first kappa shape index (κ1) is 17.4. The molecule has 0 saturated carbocycles. The summed E-state index contributed by atoms with van der Waals surface area (Å²) in [5.41, 5.74) is 5.04. The van der Waals surface area contributed by atoms with Crippen LogP contribution in [0.15, 0.2) is 36.8 Å². The fourth-order valence-electron chi connectivity index (χ4n) is 5.12. The fraction of sp³-hybridized carbons (Fsp3) is 0.364. The molecule has 2 saturated heterocycles. The van der Waals surface area contributed by atoms with Crippen molar-refractivity contribution in [2.45, 2.75) is 19.3 Å². The van der Waals surface area contributed by atoms with Crippen LogP contribution in [-0.2, 0) is 11.8 Å². The van der Waals surface area contributed by atoms with Gasteiger partial charge in [0.2, 0.25) is 5.91 Å². The molecule has 0 atom stereocenters. The molecule has 6 rings (SSSR count). The minimum absolute atomic E-state index is 0.187. The number of nitrogens with one attached hydrogen (secondary N) is 2. The van der Waals surface area contributed by atoms with E-state index in [-0.39, 0.29) is 11.3 Å². The molecule has 5 heterocycles. The number of pyridine rings is 1. The molecule has 1 spiro atoms. The van der Waals surface area contributed by atoms with Gasteiger partial charge in [-0.15, -0.1) is 0 Å². The molecule has 0 bridgehead atoms. The number of piperidine rings is 1. The van der Waals surface area contributed by atoms with E-state index in [0.29, 0.717) is 0 Å². The molecule has 2 N–H and O–H groups in total. The predicted octanol–water partition coefficient (Wildman–Crippen LogP) is 2.62. The van der Waals surface area contributed by atoms with E-state index in [4.69, 9.17) is 0 Å². The maximum absolute atomic E-state index is 12.4. The van der Waals surface area contributed by atoms with E-state index in [1.165, 1.54) is 0 Å². The number of aromatic amines is 1. The molecule has 2 fully saturated rings. The number of nitrogens with zero attached hydrogens (tertiary/aromatic N) is 5. The van der Waals surface area contributed by atoms with Gasteiger partial charge in [-0.2, -0.15) is 10.2 Å². The zero-order valence-corrected chi connectivity index (χ0v) is 16.9. The first-order valence-electron chi connectivity index (χ1n) is 10.4. The topological polar surface area (TPSA) is 91.7 Å². The van der Waals surface area contributed by atoms with Gasteiger partial charge in [-0.25, -0.2) is 4.98 Å². The van der Waals surface area contributed by atoms with Gasteiger partial charge in [-0.3, -0.25) is 14.6 Å². The molecule has 1 amide bonds. The molecule has 0 unspecified atom stereocenters. The van der Waals surface area contributed by atoms with E-state index >= 15 is 0 Å². The Bertz CT molecular complexity index is 1280. The van der Waals surface area contributed by atoms with E-state index in [1.807, 2.05) is 30.3 Å². The van der Waals surface area contributed by atoms with Crippen LogP contribution >= 0.6 is 0 Å². The largest absolute Gasteiger partial charge is 0.370 e. The van der Waals surface area contributed by atoms with Gasteiger partial charge < -0.3 is 10.2 Å². The lowest BCUT2D eigenvalue weighted by Crippen LogP contribution is -2.44. The smallest absolute Gasteiger partial charge is 0.226 e. The van der Waals surface area contributed by atoms with Gasteiger partial charge in [-0.1, -0.05) is 6.07 Å². The summed E-state index contributed by atoms with van der Waals surface area (Å²) in [5, 5.41) is 16.8. The highest BCUT2D eigenvalue weighted by Crippen LogP contribution is 2.43. The lowest BCUT2D eigenvalue weighted by atomic mass is 9.77. The van der Waals surface area contributed by atoms with Crippen LogP contribution in [0.25, 0.3) is 33.1 Å². The average molecular weight is 401 g/mol. The quantitative estimate of drug-likeness (QED) is 0.539. The number of amides is 1. The Labute approximate surface area is 173 Å². The summed E-state index contributed by atoms with van der Waals surface area (Å²) in [5.74, 6) is 0.229. The van der Waals surface area contributed by atoms with Crippen molar-refractivity contribution in [3.63, 3.8) is 0 Å². The van der Waals surface area contributed by atoms with Crippen molar-refractivity contribution >= 4 is 33.5 Å². The second-order valence-corrected chi connectivity index (χ2v) is 8.47. The summed E-state index contributed by atoms with van der Waals surface area (Å²) in [7, 11) is 1.95. The van der Waals surface area contributed by atoms with Gasteiger partial charge in [0, 0.05) is 43.8 Å². The van der Waals surface area contributed by atoms with Crippen molar-refractivity contribution in [3.05, 3.63) is 36.8 Å². The van der Waals surface area contributed by atoms with Crippen LogP contribution in [0.1, 0.15) is 19.3 Å². The predicted molar refractivity (Wildman–Crippen MR) is 115 cm³/mol. The van der Waals surface area contributed by atoms with E-state index in [1.54, 1.807) is 0 Å². The number of carbonyl (C=O) groups excluding carboxylic acids is 1. The highest BCUT2D eigenvalue weighted by Gasteiger charge is 2.44. The third kappa shape index (κ3) is 2.46. The van der Waals surface area contributed by atoms with Crippen LogP contribution in [-0.4, -0.2) is 50.5 Å². The van der Waals surface area contributed by atoms with Gasteiger partial charge >= 0.3 is 0 Å². The molecular formula is C22H23N7O. The number of fused-ring (bicyclic) bond motifs is 2. The summed E-state index contributed by atoms with van der Waals surface area (Å²) in [6, 6.07) is 6.41. The highest BCUT2D eigenvalue weighted by molar-refractivity contribution is 5.99. The number of carbonyl (C=O) groups is 1. The monoisotopic (exact) mass is 401 g/mol. The Morgan fingerprint density at radius 2 is 1.97 bits per heavy atom. The summed E-state index contributed by atoms with van der Waals surface area (Å²) < 4.78 is 1.88. The number of aromatic nitrogens is 5. The SMILES string of the molecule is Cn1ncc2cc(-c3cnc4[nH]ncc4c3N3CCC4(CCNC4=O)CC3)ccc21. The second kappa shape index (κ2) is 6.29. The number of hydrogen-bond donors (Lipinski definition) is 2. The molecule has 1 aromatic carbocycles. The van der Waals surface area contributed by atoms with Crippen molar-refractivity contribution in [2.75, 3.05) is 24.5 Å². The summed E-state index contributed by atoms with van der Waals surface area (Å²) >= 11 is 0. The third-order valence-electron chi connectivity index (χ3n) is 6.92. The molecule has 4 aromatic rings. The molecule has 2 aliphatic heterocycles. The Morgan fingerprint density at radius 1 is 1.10 bits per heavy atom. The van der Waals surface area contributed by atoms with Crippen LogP contribution in [0, 0.1) is 5.41 Å². The average Bonchev–Trinajstić information content (AvgIpc) is 3.48. The minimum Gasteiger partial charge on any atom is -0.370 e. The first-order chi connectivity index (χ1) is 14.6. The molecule has 152 valence electrons. The maximum Gasteiger partial charge on any atom is 0.226 e. The zero-order chi connectivity index (χ0) is 20.3. The first-order valence-corrected chi connectivity index (χ1v) is 10.4. The van der Waals surface area contributed by atoms with Crippen molar-refractivity contribution in [2.24, 2.45) is 12.5 Å². The van der Waals surface area contributed by atoms with Crippen LogP contribution in [0.5, 0.6) is 0 Å². The van der Waals surface area contributed by atoms with Gasteiger partial charge in [-0.05, 0) is 37.0 Å². The molecule has 8 nitrogen and oxygen atoms in total. The molecular weight excluding hydrogens is 378 g/mol. The molecule has 8 heteroatoms. The van der Waals surface area contributed by atoms with Gasteiger partial charge in [0.05, 0.1) is 34.4 Å². The number of rotatable bonds is 2. The maximum atomic E-state index is 12.4. The fourth-order valence-corrected chi connectivity index (χ4v) is 5.12. The number of anilines is 1. The number of benzene rings is 1. The van der Waals surface area contributed by atoms with Crippen LogP contribution in [0.3, 0.4) is 0 Å². The molecule has 2 aliphatic rings. The molecule has 30 heavy (non-hydrogen) atoms. The Hall–Kier alpha value is -3.42. The minimum atomic E-state index is -0.187. The van der Waals surface area contributed by atoms with E-state index in [9.17, 15) is 4.79 Å². The second-order valence-electron chi connectivity index (χ2n) is 8.47. The van der Waals surface area contributed by atoms with Crippen molar-refractivity contribution in [1.29, 1.82) is 0 Å². The normalized spacial score (nSPS) is 18.6. The van der Waals surface area contributed by atoms with Crippen molar-refractivity contribution in [1.82, 2.24) is 30.3 Å².